The lowest BCUT2D eigenvalue weighted by molar-refractivity contribution is -0.122. The first-order valence-electron chi connectivity index (χ1n) is 6.80. The fourth-order valence-corrected chi connectivity index (χ4v) is 2.52. The monoisotopic (exact) mass is 246 g/mol. The van der Waals surface area contributed by atoms with Gasteiger partial charge in [0.25, 0.3) is 0 Å². The number of benzene rings is 1. The zero-order valence-corrected chi connectivity index (χ0v) is 10.8. The maximum atomic E-state index is 11.8. The molecule has 0 radical (unpaired) electrons. The predicted molar refractivity (Wildman–Crippen MR) is 72.8 cm³/mol. The van der Waals surface area contributed by atoms with Crippen LogP contribution in [-0.4, -0.2) is 11.9 Å². The van der Waals surface area contributed by atoms with Crippen molar-refractivity contribution in [3.63, 3.8) is 0 Å². The first kappa shape index (κ1) is 13.1. The standard InChI is InChI=1S/C15H22N2O/c16-14-8-6-12(7-9-14)10-15(18)17-11-13-4-2-1-3-5-13/h1-5,12,14H,6-11,16H2,(H,17,18). The van der Waals surface area contributed by atoms with Crippen molar-refractivity contribution in [1.82, 2.24) is 5.32 Å². The highest BCUT2D eigenvalue weighted by molar-refractivity contribution is 5.76. The van der Waals surface area contributed by atoms with E-state index in [-0.39, 0.29) is 5.91 Å². The van der Waals surface area contributed by atoms with Crippen LogP contribution in [0.4, 0.5) is 0 Å². The molecule has 1 aliphatic rings. The van der Waals surface area contributed by atoms with Crippen LogP contribution >= 0.6 is 0 Å². The summed E-state index contributed by atoms with van der Waals surface area (Å²) in [5, 5.41) is 2.99. The molecule has 1 fully saturated rings. The van der Waals surface area contributed by atoms with Crippen LogP contribution in [0.1, 0.15) is 37.7 Å². The summed E-state index contributed by atoms with van der Waals surface area (Å²) in [4.78, 5) is 11.8. The Labute approximate surface area is 109 Å². The van der Waals surface area contributed by atoms with E-state index in [1.54, 1.807) is 0 Å². The third-order valence-corrected chi connectivity index (χ3v) is 3.70. The Bertz CT molecular complexity index is 369. The van der Waals surface area contributed by atoms with Crippen LogP contribution in [0.3, 0.4) is 0 Å². The van der Waals surface area contributed by atoms with Gasteiger partial charge in [0.15, 0.2) is 0 Å². The van der Waals surface area contributed by atoms with Gasteiger partial charge in [-0.25, -0.2) is 0 Å². The van der Waals surface area contributed by atoms with Crippen LogP contribution in [0.5, 0.6) is 0 Å². The Morgan fingerprint density at radius 3 is 2.50 bits per heavy atom. The summed E-state index contributed by atoms with van der Waals surface area (Å²) in [6, 6.07) is 10.4. The van der Waals surface area contributed by atoms with Crippen LogP contribution in [0.25, 0.3) is 0 Å². The SMILES string of the molecule is NC1CCC(CC(=O)NCc2ccccc2)CC1. The van der Waals surface area contributed by atoms with E-state index in [0.29, 0.717) is 24.9 Å². The average molecular weight is 246 g/mol. The van der Waals surface area contributed by atoms with E-state index in [1.807, 2.05) is 30.3 Å². The highest BCUT2D eigenvalue weighted by Gasteiger charge is 2.20. The van der Waals surface area contributed by atoms with E-state index >= 15 is 0 Å². The minimum absolute atomic E-state index is 0.166. The predicted octanol–water partition coefficient (Wildman–Crippen LogP) is 2.21. The fourth-order valence-electron chi connectivity index (χ4n) is 2.52. The molecular weight excluding hydrogens is 224 g/mol. The smallest absolute Gasteiger partial charge is 0.220 e. The molecule has 0 bridgehead atoms. The van der Waals surface area contributed by atoms with Gasteiger partial charge in [-0.1, -0.05) is 30.3 Å². The van der Waals surface area contributed by atoms with Crippen LogP contribution in [0.15, 0.2) is 30.3 Å². The zero-order chi connectivity index (χ0) is 12.8. The number of hydrogen-bond acceptors (Lipinski definition) is 2. The number of carbonyl (C=O) groups is 1. The molecule has 0 aliphatic heterocycles. The Morgan fingerprint density at radius 2 is 1.83 bits per heavy atom. The summed E-state index contributed by atoms with van der Waals surface area (Å²) in [5.74, 6) is 0.694. The second-order valence-electron chi connectivity index (χ2n) is 5.25. The summed E-state index contributed by atoms with van der Waals surface area (Å²) >= 11 is 0. The average Bonchev–Trinajstić information content (AvgIpc) is 2.40. The van der Waals surface area contributed by atoms with Gasteiger partial charge >= 0.3 is 0 Å². The first-order chi connectivity index (χ1) is 8.74. The zero-order valence-electron chi connectivity index (χ0n) is 10.8. The number of nitrogens with one attached hydrogen (secondary N) is 1. The molecule has 1 amide bonds. The van der Waals surface area contributed by atoms with Gasteiger partial charge in [-0.3, -0.25) is 4.79 Å². The number of hydrogen-bond donors (Lipinski definition) is 2. The van der Waals surface area contributed by atoms with Gasteiger partial charge in [0.05, 0.1) is 0 Å². The third-order valence-electron chi connectivity index (χ3n) is 3.70. The topological polar surface area (TPSA) is 55.1 Å². The molecule has 1 aromatic carbocycles. The third kappa shape index (κ3) is 4.15. The van der Waals surface area contributed by atoms with Crippen LogP contribution < -0.4 is 11.1 Å². The van der Waals surface area contributed by atoms with Crippen molar-refractivity contribution in [1.29, 1.82) is 0 Å². The molecule has 2 rings (SSSR count). The molecular formula is C15H22N2O. The van der Waals surface area contributed by atoms with Gasteiger partial charge in [-0.05, 0) is 37.2 Å². The molecule has 3 nitrogen and oxygen atoms in total. The number of rotatable bonds is 4. The lowest BCUT2D eigenvalue weighted by atomic mass is 9.84. The Hall–Kier alpha value is -1.35. The Morgan fingerprint density at radius 1 is 1.17 bits per heavy atom. The first-order valence-corrected chi connectivity index (χ1v) is 6.80. The van der Waals surface area contributed by atoms with Crippen molar-refractivity contribution in [2.45, 2.75) is 44.7 Å². The molecule has 0 atom stereocenters. The van der Waals surface area contributed by atoms with Crippen molar-refractivity contribution in [3.8, 4) is 0 Å². The van der Waals surface area contributed by atoms with E-state index < -0.39 is 0 Å². The van der Waals surface area contributed by atoms with Crippen molar-refractivity contribution in [3.05, 3.63) is 35.9 Å². The van der Waals surface area contributed by atoms with E-state index in [0.717, 1.165) is 31.2 Å². The van der Waals surface area contributed by atoms with Crippen molar-refractivity contribution < 1.29 is 4.79 Å². The van der Waals surface area contributed by atoms with Crippen molar-refractivity contribution >= 4 is 5.91 Å². The Kier molecular flexibility index (Phi) is 4.76. The quantitative estimate of drug-likeness (QED) is 0.855. The largest absolute Gasteiger partial charge is 0.352 e. The van der Waals surface area contributed by atoms with Crippen LogP contribution in [-0.2, 0) is 11.3 Å². The number of nitrogens with two attached hydrogens (primary N) is 1. The number of carbonyl (C=O) groups excluding carboxylic acids is 1. The molecule has 0 unspecified atom stereocenters. The second-order valence-corrected chi connectivity index (χ2v) is 5.25. The molecule has 3 N–H and O–H groups in total. The molecule has 98 valence electrons. The summed E-state index contributed by atoms with van der Waals surface area (Å²) in [5.41, 5.74) is 7.01. The lowest BCUT2D eigenvalue weighted by Gasteiger charge is -2.25. The minimum Gasteiger partial charge on any atom is -0.352 e. The second kappa shape index (κ2) is 6.55. The summed E-state index contributed by atoms with van der Waals surface area (Å²) < 4.78 is 0. The normalized spacial score (nSPS) is 23.6. The van der Waals surface area contributed by atoms with Gasteiger partial charge < -0.3 is 11.1 Å². The molecule has 0 aromatic heterocycles. The minimum atomic E-state index is 0.166. The molecule has 0 heterocycles. The van der Waals surface area contributed by atoms with Gasteiger partial charge in [0.1, 0.15) is 0 Å². The molecule has 3 heteroatoms. The highest BCUT2D eigenvalue weighted by atomic mass is 16.1. The summed E-state index contributed by atoms with van der Waals surface area (Å²) in [6.45, 7) is 0.631. The van der Waals surface area contributed by atoms with E-state index in [9.17, 15) is 4.79 Å². The van der Waals surface area contributed by atoms with Gasteiger partial charge in [0.2, 0.25) is 5.91 Å². The van der Waals surface area contributed by atoms with Crippen molar-refractivity contribution in [2.75, 3.05) is 0 Å². The number of amides is 1. The highest BCUT2D eigenvalue weighted by Crippen LogP contribution is 2.25. The molecule has 1 aliphatic carbocycles. The fraction of sp³-hybridized carbons (Fsp3) is 0.533. The summed E-state index contributed by atoms with van der Waals surface area (Å²) in [6.07, 6.45) is 4.98. The molecule has 0 spiro atoms. The van der Waals surface area contributed by atoms with E-state index in [2.05, 4.69) is 5.32 Å². The lowest BCUT2D eigenvalue weighted by Crippen LogP contribution is -2.30. The maximum Gasteiger partial charge on any atom is 0.220 e. The molecule has 1 aromatic rings. The molecule has 1 saturated carbocycles. The van der Waals surface area contributed by atoms with Gasteiger partial charge in [-0.2, -0.15) is 0 Å². The molecule has 0 saturated heterocycles. The van der Waals surface area contributed by atoms with E-state index in [4.69, 9.17) is 5.73 Å². The Balaban J connectivity index is 1.69. The van der Waals surface area contributed by atoms with Gasteiger partial charge in [-0.15, -0.1) is 0 Å². The van der Waals surface area contributed by atoms with Gasteiger partial charge in [0, 0.05) is 19.0 Å². The maximum absolute atomic E-state index is 11.8. The summed E-state index contributed by atoms with van der Waals surface area (Å²) in [7, 11) is 0. The van der Waals surface area contributed by atoms with E-state index in [1.165, 1.54) is 0 Å². The van der Waals surface area contributed by atoms with Crippen LogP contribution in [0.2, 0.25) is 0 Å². The van der Waals surface area contributed by atoms with Crippen molar-refractivity contribution in [2.24, 2.45) is 11.7 Å². The van der Waals surface area contributed by atoms with Crippen LogP contribution in [0, 0.1) is 5.92 Å². The molecule has 18 heavy (non-hydrogen) atoms.